The fourth-order valence-electron chi connectivity index (χ4n) is 0.800. The summed E-state index contributed by atoms with van der Waals surface area (Å²) in [4.78, 5) is 9.00. The molecular formula is C10H12Cl2N4O2. The Morgan fingerprint density at radius 3 is 2.33 bits per heavy atom. The lowest BCUT2D eigenvalue weighted by Crippen LogP contribution is -2.25. The topological polar surface area (TPSA) is 112 Å². The Morgan fingerprint density at radius 1 is 1.50 bits per heavy atom. The van der Waals surface area contributed by atoms with E-state index in [4.69, 9.17) is 44.2 Å². The zero-order chi connectivity index (χ0) is 14.1. The van der Waals surface area contributed by atoms with E-state index in [9.17, 15) is 0 Å². The molecule has 8 heteroatoms. The minimum absolute atomic E-state index is 0.246. The van der Waals surface area contributed by atoms with Crippen LogP contribution in [0.3, 0.4) is 0 Å². The molecule has 1 aromatic rings. The summed E-state index contributed by atoms with van der Waals surface area (Å²) in [6.45, 7) is 1.08. The molecule has 0 spiro atoms. The summed E-state index contributed by atoms with van der Waals surface area (Å²) in [6.07, 6.45) is 1.41. The van der Waals surface area contributed by atoms with E-state index in [0.717, 1.165) is 6.92 Å². The SMILES string of the molecule is CC(=O)O.N=C(N)NN=Cc1c(Cl)cccc1Cl. The molecule has 98 valence electrons. The van der Waals surface area contributed by atoms with E-state index in [1.54, 1.807) is 18.2 Å². The Kier molecular flexibility index (Phi) is 7.50. The first-order valence-corrected chi connectivity index (χ1v) is 5.36. The molecule has 0 fully saturated rings. The van der Waals surface area contributed by atoms with Crippen molar-refractivity contribution in [3.63, 3.8) is 0 Å². The number of aliphatic carboxylic acids is 1. The van der Waals surface area contributed by atoms with Crippen molar-refractivity contribution in [1.82, 2.24) is 5.43 Å². The first kappa shape index (κ1) is 16.2. The lowest BCUT2D eigenvalue weighted by Gasteiger charge is -2.00. The summed E-state index contributed by atoms with van der Waals surface area (Å²) >= 11 is 11.7. The van der Waals surface area contributed by atoms with Crippen LogP contribution in [0, 0.1) is 5.41 Å². The van der Waals surface area contributed by atoms with Crippen molar-refractivity contribution in [2.45, 2.75) is 6.92 Å². The van der Waals surface area contributed by atoms with Crippen molar-refractivity contribution in [2.24, 2.45) is 10.8 Å². The number of carboxylic acids is 1. The number of hydrazone groups is 1. The summed E-state index contributed by atoms with van der Waals surface area (Å²) in [5, 5.41) is 18.9. The van der Waals surface area contributed by atoms with Crippen molar-refractivity contribution < 1.29 is 9.90 Å². The van der Waals surface area contributed by atoms with Crippen LogP contribution in [-0.4, -0.2) is 23.2 Å². The molecule has 0 unspecified atom stereocenters. The van der Waals surface area contributed by atoms with Crippen molar-refractivity contribution in [3.05, 3.63) is 33.8 Å². The summed E-state index contributed by atoms with van der Waals surface area (Å²) in [6, 6.07) is 5.13. The average molecular weight is 291 g/mol. The van der Waals surface area contributed by atoms with E-state index in [0.29, 0.717) is 15.6 Å². The van der Waals surface area contributed by atoms with Crippen LogP contribution in [0.1, 0.15) is 12.5 Å². The fourth-order valence-corrected chi connectivity index (χ4v) is 1.30. The molecule has 0 aliphatic carbocycles. The predicted octanol–water partition coefficient (Wildman–Crippen LogP) is 1.90. The highest BCUT2D eigenvalue weighted by Gasteiger charge is 2.01. The molecule has 0 atom stereocenters. The highest BCUT2D eigenvalue weighted by Crippen LogP contribution is 2.21. The monoisotopic (exact) mass is 290 g/mol. The number of nitrogens with one attached hydrogen (secondary N) is 2. The van der Waals surface area contributed by atoms with Crippen LogP contribution >= 0.6 is 23.2 Å². The van der Waals surface area contributed by atoms with Gasteiger partial charge in [0, 0.05) is 12.5 Å². The van der Waals surface area contributed by atoms with Gasteiger partial charge in [-0.05, 0) is 12.1 Å². The Balaban J connectivity index is 0.000000631. The average Bonchev–Trinajstić information content (AvgIpc) is 2.21. The molecule has 18 heavy (non-hydrogen) atoms. The van der Waals surface area contributed by atoms with Crippen LogP contribution in [0.5, 0.6) is 0 Å². The van der Waals surface area contributed by atoms with Gasteiger partial charge in [-0.1, -0.05) is 29.3 Å². The second-order valence-electron chi connectivity index (χ2n) is 2.94. The highest BCUT2D eigenvalue weighted by atomic mass is 35.5. The van der Waals surface area contributed by atoms with Gasteiger partial charge in [0.1, 0.15) is 0 Å². The number of hydrogen-bond donors (Lipinski definition) is 4. The van der Waals surface area contributed by atoms with Crippen molar-refractivity contribution in [3.8, 4) is 0 Å². The van der Waals surface area contributed by atoms with Crippen LogP contribution in [0.2, 0.25) is 10.0 Å². The van der Waals surface area contributed by atoms with Crippen LogP contribution in [0.15, 0.2) is 23.3 Å². The number of nitrogens with two attached hydrogens (primary N) is 1. The van der Waals surface area contributed by atoms with Gasteiger partial charge < -0.3 is 10.8 Å². The van der Waals surface area contributed by atoms with Crippen molar-refractivity contribution in [2.75, 3.05) is 0 Å². The molecular weight excluding hydrogens is 279 g/mol. The number of nitrogens with zero attached hydrogens (tertiary/aromatic N) is 1. The van der Waals surface area contributed by atoms with Gasteiger partial charge in [0.2, 0.25) is 5.96 Å². The largest absolute Gasteiger partial charge is 0.481 e. The minimum Gasteiger partial charge on any atom is -0.481 e. The second kappa shape index (κ2) is 8.32. The normalized spacial score (nSPS) is 9.50. The number of benzene rings is 1. The molecule has 5 N–H and O–H groups in total. The number of rotatable bonds is 2. The third-order valence-electron chi connectivity index (χ3n) is 1.38. The first-order chi connectivity index (χ1) is 8.34. The molecule has 0 saturated carbocycles. The molecule has 0 heterocycles. The number of hydrogen-bond acceptors (Lipinski definition) is 3. The van der Waals surface area contributed by atoms with E-state index in [2.05, 4.69) is 10.5 Å². The van der Waals surface area contributed by atoms with Crippen LogP contribution < -0.4 is 11.2 Å². The number of carbonyl (C=O) groups is 1. The minimum atomic E-state index is -0.833. The van der Waals surface area contributed by atoms with Gasteiger partial charge in [-0.3, -0.25) is 10.2 Å². The molecule has 0 aromatic heterocycles. The number of halogens is 2. The highest BCUT2D eigenvalue weighted by molar-refractivity contribution is 6.38. The van der Waals surface area contributed by atoms with E-state index in [1.807, 2.05) is 0 Å². The van der Waals surface area contributed by atoms with Crippen LogP contribution in [0.25, 0.3) is 0 Å². The molecule has 0 aliphatic rings. The second-order valence-corrected chi connectivity index (χ2v) is 3.75. The molecule has 0 radical (unpaired) electrons. The Morgan fingerprint density at radius 2 is 1.94 bits per heavy atom. The van der Waals surface area contributed by atoms with Gasteiger partial charge in [0.25, 0.3) is 5.97 Å². The molecule has 0 amide bonds. The Hall–Kier alpha value is -1.79. The fraction of sp³-hybridized carbons (Fsp3) is 0.100. The molecule has 0 bridgehead atoms. The van der Waals surface area contributed by atoms with Gasteiger partial charge in [0.05, 0.1) is 16.3 Å². The molecule has 6 nitrogen and oxygen atoms in total. The van der Waals surface area contributed by atoms with E-state index in [1.165, 1.54) is 6.21 Å². The Bertz CT molecular complexity index is 439. The summed E-state index contributed by atoms with van der Waals surface area (Å²) in [5.41, 5.74) is 7.87. The van der Waals surface area contributed by atoms with Crippen LogP contribution in [-0.2, 0) is 4.79 Å². The Labute approximate surface area is 114 Å². The summed E-state index contributed by atoms with van der Waals surface area (Å²) in [5.74, 6) is -1.08. The maximum atomic E-state index is 9.00. The van der Waals surface area contributed by atoms with E-state index >= 15 is 0 Å². The zero-order valence-corrected chi connectivity index (χ0v) is 11.0. The van der Waals surface area contributed by atoms with E-state index in [-0.39, 0.29) is 5.96 Å². The number of guanidine groups is 1. The third-order valence-corrected chi connectivity index (χ3v) is 2.04. The van der Waals surface area contributed by atoms with Crippen molar-refractivity contribution >= 4 is 41.3 Å². The quantitative estimate of drug-likeness (QED) is 0.379. The van der Waals surface area contributed by atoms with Crippen LogP contribution in [0.4, 0.5) is 0 Å². The van der Waals surface area contributed by atoms with Gasteiger partial charge in [0.15, 0.2) is 0 Å². The summed E-state index contributed by atoms with van der Waals surface area (Å²) < 4.78 is 0. The van der Waals surface area contributed by atoms with Gasteiger partial charge in [-0.15, -0.1) is 0 Å². The molecule has 0 aliphatic heterocycles. The lowest BCUT2D eigenvalue weighted by atomic mass is 10.2. The molecule has 1 aromatic carbocycles. The maximum Gasteiger partial charge on any atom is 0.300 e. The van der Waals surface area contributed by atoms with Gasteiger partial charge >= 0.3 is 0 Å². The van der Waals surface area contributed by atoms with E-state index < -0.39 is 5.97 Å². The van der Waals surface area contributed by atoms with Gasteiger partial charge in [-0.25, -0.2) is 5.43 Å². The molecule has 1 rings (SSSR count). The lowest BCUT2D eigenvalue weighted by molar-refractivity contribution is -0.134. The molecule has 0 saturated heterocycles. The summed E-state index contributed by atoms with van der Waals surface area (Å²) in [7, 11) is 0. The maximum absolute atomic E-state index is 9.00. The number of carboxylic acid groups (broad SMARTS) is 1. The van der Waals surface area contributed by atoms with Gasteiger partial charge in [-0.2, -0.15) is 5.10 Å². The standard InChI is InChI=1S/C8H8Cl2N4.C2H4O2/c9-6-2-1-3-7(10)5(6)4-13-14-8(11)12;1-2(3)4/h1-4H,(H4,11,12,14);1H3,(H,3,4). The first-order valence-electron chi connectivity index (χ1n) is 4.61. The van der Waals surface area contributed by atoms with Crippen molar-refractivity contribution in [1.29, 1.82) is 5.41 Å². The zero-order valence-electron chi connectivity index (χ0n) is 9.45. The smallest absolute Gasteiger partial charge is 0.300 e. The third kappa shape index (κ3) is 7.48. The predicted molar refractivity (Wildman–Crippen MR) is 72.4 cm³/mol.